The van der Waals surface area contributed by atoms with Gasteiger partial charge in [-0.2, -0.15) is 0 Å². The minimum absolute atomic E-state index is 0.780. The van der Waals surface area contributed by atoms with Crippen molar-refractivity contribution in [1.29, 1.82) is 0 Å². The maximum atomic E-state index is 4.54. The summed E-state index contributed by atoms with van der Waals surface area (Å²) in [6.07, 6.45) is 7.77. The van der Waals surface area contributed by atoms with Crippen LogP contribution in [-0.4, -0.2) is 19.1 Å². The van der Waals surface area contributed by atoms with E-state index in [0.29, 0.717) is 0 Å². The Morgan fingerprint density at radius 2 is 1.65 bits per heavy atom. The lowest BCUT2D eigenvalue weighted by Crippen LogP contribution is -2.04. The molecule has 4 aromatic rings. The number of hydrogen-bond acceptors (Lipinski definition) is 3. The van der Waals surface area contributed by atoms with E-state index in [1.54, 1.807) is 11.8 Å². The fourth-order valence-corrected chi connectivity index (χ4v) is 3.88. The highest BCUT2D eigenvalue weighted by atomic mass is 32.2. The zero-order chi connectivity index (χ0) is 17.8. The molecule has 0 fully saturated rings. The Morgan fingerprint density at radius 1 is 0.885 bits per heavy atom. The van der Waals surface area contributed by atoms with Crippen molar-refractivity contribution in [2.45, 2.75) is 24.4 Å². The molecule has 0 amide bonds. The van der Waals surface area contributed by atoms with Crippen molar-refractivity contribution in [3.05, 3.63) is 96.3 Å². The van der Waals surface area contributed by atoms with Crippen molar-refractivity contribution in [3.63, 3.8) is 0 Å². The van der Waals surface area contributed by atoms with E-state index in [4.69, 9.17) is 0 Å². The Morgan fingerprint density at radius 3 is 2.50 bits per heavy atom. The van der Waals surface area contributed by atoms with Crippen molar-refractivity contribution < 1.29 is 0 Å². The van der Waals surface area contributed by atoms with Gasteiger partial charge in [-0.3, -0.25) is 4.57 Å². The van der Waals surface area contributed by atoms with Crippen LogP contribution in [0.2, 0.25) is 0 Å². The normalized spacial score (nSPS) is 11.0. The van der Waals surface area contributed by atoms with Crippen LogP contribution >= 0.6 is 11.8 Å². The van der Waals surface area contributed by atoms with Crippen molar-refractivity contribution >= 4 is 11.8 Å². The third kappa shape index (κ3) is 3.58. The number of para-hydroxylation sites is 1. The molecular weight excluding hydrogens is 340 g/mol. The first-order valence-corrected chi connectivity index (χ1v) is 9.56. The van der Waals surface area contributed by atoms with Gasteiger partial charge in [-0.05, 0) is 24.1 Å². The molecule has 0 N–H and O–H groups in total. The fourth-order valence-electron chi connectivity index (χ4n) is 2.95. The standard InChI is InChI=1S/C21H20N4S/c1-17-7-5-6-10-19(17)25-14-12-23-21(25)26-16-20-22-11-13-24(20)15-18-8-3-2-4-9-18/h2-14H,15-16H2,1H3. The highest BCUT2D eigenvalue weighted by Gasteiger charge is 2.10. The topological polar surface area (TPSA) is 35.6 Å². The average molecular weight is 360 g/mol. The summed E-state index contributed by atoms with van der Waals surface area (Å²) in [7, 11) is 0. The molecule has 2 aromatic carbocycles. The quantitative estimate of drug-likeness (QED) is 0.467. The second-order valence-corrected chi connectivity index (χ2v) is 7.05. The van der Waals surface area contributed by atoms with Crippen LogP contribution in [0.5, 0.6) is 0 Å². The maximum Gasteiger partial charge on any atom is 0.173 e. The molecule has 0 aliphatic rings. The van der Waals surface area contributed by atoms with Crippen LogP contribution in [0.3, 0.4) is 0 Å². The number of benzene rings is 2. The average Bonchev–Trinajstić information content (AvgIpc) is 3.30. The number of nitrogens with zero attached hydrogens (tertiary/aromatic N) is 4. The Balaban J connectivity index is 1.51. The summed E-state index contributed by atoms with van der Waals surface area (Å²) >= 11 is 1.71. The second-order valence-electron chi connectivity index (χ2n) is 6.11. The number of thioether (sulfide) groups is 1. The van der Waals surface area contributed by atoms with Gasteiger partial charge in [-0.25, -0.2) is 9.97 Å². The number of hydrogen-bond donors (Lipinski definition) is 0. The predicted octanol–water partition coefficient (Wildman–Crippen LogP) is 4.72. The lowest BCUT2D eigenvalue weighted by atomic mass is 10.2. The first-order chi connectivity index (χ1) is 12.8. The third-order valence-corrected chi connectivity index (χ3v) is 5.27. The molecule has 0 aliphatic carbocycles. The molecule has 0 unspecified atom stereocenters. The SMILES string of the molecule is Cc1ccccc1-n1ccnc1SCc1nccn1Cc1ccccc1. The van der Waals surface area contributed by atoms with Crippen molar-refractivity contribution in [2.24, 2.45) is 0 Å². The lowest BCUT2D eigenvalue weighted by molar-refractivity contribution is 0.755. The van der Waals surface area contributed by atoms with E-state index < -0.39 is 0 Å². The Labute approximate surface area is 157 Å². The Kier molecular flexibility index (Phi) is 4.88. The van der Waals surface area contributed by atoms with Gasteiger partial charge in [-0.1, -0.05) is 60.3 Å². The summed E-state index contributed by atoms with van der Waals surface area (Å²) in [5.74, 6) is 1.83. The van der Waals surface area contributed by atoms with Crippen LogP contribution in [0, 0.1) is 6.92 Å². The van der Waals surface area contributed by atoms with Crippen LogP contribution in [0.25, 0.3) is 5.69 Å². The van der Waals surface area contributed by atoms with E-state index in [1.807, 2.05) is 30.9 Å². The summed E-state index contributed by atoms with van der Waals surface area (Å²) in [5.41, 5.74) is 3.68. The number of imidazole rings is 2. The van der Waals surface area contributed by atoms with E-state index >= 15 is 0 Å². The van der Waals surface area contributed by atoms with Crippen molar-refractivity contribution in [2.75, 3.05) is 0 Å². The van der Waals surface area contributed by atoms with Crippen LogP contribution in [-0.2, 0) is 12.3 Å². The van der Waals surface area contributed by atoms with Gasteiger partial charge in [-0.15, -0.1) is 0 Å². The van der Waals surface area contributed by atoms with Gasteiger partial charge in [0.2, 0.25) is 0 Å². The molecule has 4 rings (SSSR count). The first-order valence-electron chi connectivity index (χ1n) is 8.57. The van der Waals surface area contributed by atoms with E-state index in [9.17, 15) is 0 Å². The monoisotopic (exact) mass is 360 g/mol. The minimum atomic E-state index is 0.780. The van der Waals surface area contributed by atoms with Crippen molar-refractivity contribution in [1.82, 2.24) is 19.1 Å². The van der Waals surface area contributed by atoms with Gasteiger partial charge < -0.3 is 4.57 Å². The summed E-state index contributed by atoms with van der Waals surface area (Å²) in [6.45, 7) is 2.96. The zero-order valence-electron chi connectivity index (χ0n) is 14.6. The van der Waals surface area contributed by atoms with Gasteiger partial charge in [0, 0.05) is 31.3 Å². The number of rotatable bonds is 6. The van der Waals surface area contributed by atoms with Gasteiger partial charge in [0.15, 0.2) is 5.16 Å². The van der Waals surface area contributed by atoms with Crippen LogP contribution in [0.4, 0.5) is 0 Å². The molecule has 26 heavy (non-hydrogen) atoms. The molecule has 0 aliphatic heterocycles. The Bertz CT molecular complexity index is 988. The molecular formula is C21H20N4S. The van der Waals surface area contributed by atoms with E-state index in [0.717, 1.165) is 23.3 Å². The zero-order valence-corrected chi connectivity index (χ0v) is 15.4. The molecule has 0 atom stereocenters. The van der Waals surface area contributed by atoms with Crippen LogP contribution in [0.15, 0.2) is 84.5 Å². The molecule has 0 spiro atoms. The molecule has 4 nitrogen and oxygen atoms in total. The molecule has 130 valence electrons. The second kappa shape index (κ2) is 7.62. The summed E-state index contributed by atoms with van der Waals surface area (Å²) in [4.78, 5) is 9.07. The summed E-state index contributed by atoms with van der Waals surface area (Å²) in [6, 6.07) is 18.8. The van der Waals surface area contributed by atoms with E-state index in [1.165, 1.54) is 16.8 Å². The van der Waals surface area contributed by atoms with Crippen LogP contribution in [0.1, 0.15) is 17.0 Å². The molecule has 2 heterocycles. The van der Waals surface area contributed by atoms with Gasteiger partial charge >= 0.3 is 0 Å². The number of aryl methyl sites for hydroxylation is 1. The fraction of sp³-hybridized carbons (Fsp3) is 0.143. The van der Waals surface area contributed by atoms with Gasteiger partial charge in [0.1, 0.15) is 5.82 Å². The molecule has 0 saturated heterocycles. The van der Waals surface area contributed by atoms with E-state index in [2.05, 4.69) is 74.6 Å². The number of aromatic nitrogens is 4. The van der Waals surface area contributed by atoms with Crippen LogP contribution < -0.4 is 0 Å². The highest BCUT2D eigenvalue weighted by Crippen LogP contribution is 2.25. The molecule has 0 saturated carbocycles. The summed E-state index contributed by atoms with van der Waals surface area (Å²) < 4.78 is 4.34. The molecule has 5 heteroatoms. The van der Waals surface area contributed by atoms with Gasteiger partial charge in [0.25, 0.3) is 0 Å². The molecule has 0 radical (unpaired) electrons. The predicted molar refractivity (Wildman–Crippen MR) is 106 cm³/mol. The molecule has 2 aromatic heterocycles. The smallest absolute Gasteiger partial charge is 0.173 e. The highest BCUT2D eigenvalue weighted by molar-refractivity contribution is 7.98. The van der Waals surface area contributed by atoms with Gasteiger partial charge in [0.05, 0.1) is 11.4 Å². The van der Waals surface area contributed by atoms with E-state index in [-0.39, 0.29) is 0 Å². The third-order valence-electron chi connectivity index (χ3n) is 4.31. The molecule has 0 bridgehead atoms. The first kappa shape index (κ1) is 16.7. The Hall–Kier alpha value is -2.79. The minimum Gasteiger partial charge on any atom is -0.330 e. The lowest BCUT2D eigenvalue weighted by Gasteiger charge is -2.11. The van der Waals surface area contributed by atoms with Crippen molar-refractivity contribution in [3.8, 4) is 5.69 Å². The largest absolute Gasteiger partial charge is 0.330 e. The maximum absolute atomic E-state index is 4.54. The summed E-state index contributed by atoms with van der Waals surface area (Å²) in [5, 5.41) is 0.980.